The molecule has 0 saturated carbocycles. The quantitative estimate of drug-likeness (QED) is 0.685. The Morgan fingerprint density at radius 1 is 1.25 bits per heavy atom. The second-order valence-electron chi connectivity index (χ2n) is 4.19. The molecule has 0 spiro atoms. The van der Waals surface area contributed by atoms with Crippen LogP contribution in [0.15, 0.2) is 0 Å². The van der Waals surface area contributed by atoms with Crippen LogP contribution in [0.2, 0.25) is 0 Å². The number of nitrogens with one attached hydrogen (secondary N) is 1. The van der Waals surface area contributed by atoms with Gasteiger partial charge in [0, 0.05) is 33.6 Å². The van der Waals surface area contributed by atoms with Gasteiger partial charge < -0.3 is 15.1 Å². The maximum absolute atomic E-state index is 11.8. The minimum atomic E-state index is -0.0973. The van der Waals surface area contributed by atoms with Crippen LogP contribution in [0.25, 0.3) is 0 Å². The van der Waals surface area contributed by atoms with Crippen molar-refractivity contribution in [3.8, 4) is 0 Å². The van der Waals surface area contributed by atoms with E-state index in [2.05, 4.69) is 5.32 Å². The molecule has 94 valence electrons. The third kappa shape index (κ3) is 5.11. The highest BCUT2D eigenvalue weighted by Crippen LogP contribution is 2.00. The summed E-state index contributed by atoms with van der Waals surface area (Å²) in [6.45, 7) is 5.49. The van der Waals surface area contributed by atoms with Crippen molar-refractivity contribution >= 4 is 11.8 Å². The molecule has 0 aliphatic heterocycles. The van der Waals surface area contributed by atoms with Crippen LogP contribution in [-0.2, 0) is 9.59 Å². The molecule has 0 aliphatic carbocycles. The fourth-order valence-corrected chi connectivity index (χ4v) is 1.25. The molecular formula is C11H23N3O2. The van der Waals surface area contributed by atoms with Gasteiger partial charge in [-0.1, -0.05) is 13.8 Å². The number of rotatable bonds is 6. The fraction of sp³-hybridized carbons (Fsp3) is 0.818. The van der Waals surface area contributed by atoms with Crippen molar-refractivity contribution in [1.29, 1.82) is 0 Å². The number of amides is 2. The Bertz CT molecular complexity index is 241. The summed E-state index contributed by atoms with van der Waals surface area (Å²) in [5.41, 5.74) is 0. The number of likely N-dealkylation sites (N-methyl/N-ethyl adjacent to an activating group) is 2. The van der Waals surface area contributed by atoms with Crippen LogP contribution >= 0.6 is 0 Å². The highest BCUT2D eigenvalue weighted by molar-refractivity contribution is 5.85. The van der Waals surface area contributed by atoms with Crippen LogP contribution in [0.5, 0.6) is 0 Å². The van der Waals surface area contributed by atoms with E-state index in [0.29, 0.717) is 6.54 Å². The molecule has 0 saturated heterocycles. The van der Waals surface area contributed by atoms with Gasteiger partial charge >= 0.3 is 0 Å². The van der Waals surface area contributed by atoms with Crippen LogP contribution in [-0.4, -0.2) is 62.4 Å². The van der Waals surface area contributed by atoms with Crippen molar-refractivity contribution in [1.82, 2.24) is 15.1 Å². The van der Waals surface area contributed by atoms with Crippen LogP contribution in [0, 0.1) is 5.92 Å². The summed E-state index contributed by atoms with van der Waals surface area (Å²) in [6, 6.07) is 0. The summed E-state index contributed by atoms with van der Waals surface area (Å²) in [5, 5.41) is 3.12. The first-order chi connectivity index (χ1) is 7.40. The zero-order chi connectivity index (χ0) is 12.7. The molecule has 16 heavy (non-hydrogen) atoms. The Morgan fingerprint density at radius 3 is 2.25 bits per heavy atom. The summed E-state index contributed by atoms with van der Waals surface area (Å²) in [5.74, 6) is -0.164. The molecule has 0 fully saturated rings. The lowest BCUT2D eigenvalue weighted by atomic mass is 10.1. The van der Waals surface area contributed by atoms with Crippen molar-refractivity contribution in [3.63, 3.8) is 0 Å². The van der Waals surface area contributed by atoms with Crippen molar-refractivity contribution in [3.05, 3.63) is 0 Å². The largest absolute Gasteiger partial charge is 0.347 e. The van der Waals surface area contributed by atoms with E-state index in [1.165, 1.54) is 9.80 Å². The van der Waals surface area contributed by atoms with Crippen molar-refractivity contribution in [2.45, 2.75) is 13.8 Å². The number of hydrogen-bond acceptors (Lipinski definition) is 3. The summed E-state index contributed by atoms with van der Waals surface area (Å²) < 4.78 is 0. The maximum atomic E-state index is 11.8. The van der Waals surface area contributed by atoms with Crippen LogP contribution in [0.4, 0.5) is 0 Å². The summed E-state index contributed by atoms with van der Waals surface area (Å²) in [4.78, 5) is 26.2. The first-order valence-electron chi connectivity index (χ1n) is 5.56. The molecule has 5 heteroatoms. The van der Waals surface area contributed by atoms with Gasteiger partial charge in [0.2, 0.25) is 11.8 Å². The summed E-state index contributed by atoms with van der Waals surface area (Å²) in [6.07, 6.45) is 0. The lowest BCUT2D eigenvalue weighted by Crippen LogP contribution is -2.42. The third-order valence-corrected chi connectivity index (χ3v) is 2.37. The Hall–Kier alpha value is -1.10. The highest BCUT2D eigenvalue weighted by atomic mass is 16.2. The van der Waals surface area contributed by atoms with Gasteiger partial charge in [0.1, 0.15) is 0 Å². The predicted molar refractivity (Wildman–Crippen MR) is 64.0 cm³/mol. The fourth-order valence-electron chi connectivity index (χ4n) is 1.25. The minimum absolute atomic E-state index is 0.00356. The van der Waals surface area contributed by atoms with Crippen molar-refractivity contribution < 1.29 is 9.59 Å². The van der Waals surface area contributed by atoms with Gasteiger partial charge in [0.25, 0.3) is 0 Å². The molecule has 0 aromatic heterocycles. The van der Waals surface area contributed by atoms with Gasteiger partial charge in [-0.3, -0.25) is 9.59 Å². The molecule has 0 heterocycles. The average molecular weight is 229 g/mol. The van der Waals surface area contributed by atoms with Crippen molar-refractivity contribution in [2.75, 3.05) is 40.8 Å². The Kier molecular flexibility index (Phi) is 6.72. The first-order valence-corrected chi connectivity index (χ1v) is 5.56. The smallest absolute Gasteiger partial charge is 0.241 e. The van der Waals surface area contributed by atoms with Gasteiger partial charge in [0.15, 0.2) is 0 Å². The van der Waals surface area contributed by atoms with Gasteiger partial charge in [0.05, 0.1) is 6.54 Å². The maximum Gasteiger partial charge on any atom is 0.241 e. The molecule has 0 rings (SSSR count). The van der Waals surface area contributed by atoms with E-state index >= 15 is 0 Å². The van der Waals surface area contributed by atoms with E-state index in [0.717, 1.165) is 6.54 Å². The minimum Gasteiger partial charge on any atom is -0.347 e. The van der Waals surface area contributed by atoms with Gasteiger partial charge in [-0.25, -0.2) is 0 Å². The second-order valence-corrected chi connectivity index (χ2v) is 4.19. The molecule has 0 aromatic rings. The highest BCUT2D eigenvalue weighted by Gasteiger charge is 2.19. The third-order valence-electron chi connectivity index (χ3n) is 2.37. The van der Waals surface area contributed by atoms with E-state index in [1.54, 1.807) is 21.1 Å². The standard InChI is InChI=1S/C11H23N3O2/c1-6-12-7-9(2)11(16)14(5)8-10(15)13(3)4/h9,12H,6-8H2,1-5H3. The van der Waals surface area contributed by atoms with Gasteiger partial charge in [-0.05, 0) is 6.54 Å². The monoisotopic (exact) mass is 229 g/mol. The van der Waals surface area contributed by atoms with Gasteiger partial charge in [-0.15, -0.1) is 0 Å². The topological polar surface area (TPSA) is 52.7 Å². The van der Waals surface area contributed by atoms with E-state index in [4.69, 9.17) is 0 Å². The molecule has 5 nitrogen and oxygen atoms in total. The molecule has 2 amide bonds. The Balaban J connectivity index is 4.12. The SMILES string of the molecule is CCNCC(C)C(=O)N(C)CC(=O)N(C)C. The zero-order valence-corrected chi connectivity index (χ0v) is 10.9. The van der Waals surface area contributed by atoms with Crippen LogP contribution < -0.4 is 5.32 Å². The van der Waals surface area contributed by atoms with Crippen molar-refractivity contribution in [2.24, 2.45) is 5.92 Å². The normalized spacial score (nSPS) is 12.1. The number of carbonyl (C=O) groups is 2. The molecule has 0 radical (unpaired) electrons. The first kappa shape index (κ1) is 14.9. The molecule has 1 atom stereocenters. The lowest BCUT2D eigenvalue weighted by Gasteiger charge is -2.22. The van der Waals surface area contributed by atoms with E-state index < -0.39 is 0 Å². The summed E-state index contributed by atoms with van der Waals surface area (Å²) >= 11 is 0. The average Bonchev–Trinajstić information content (AvgIpc) is 2.24. The van der Waals surface area contributed by atoms with Crippen LogP contribution in [0.1, 0.15) is 13.8 Å². The molecule has 0 aliphatic rings. The molecule has 1 N–H and O–H groups in total. The van der Waals surface area contributed by atoms with E-state index in [1.807, 2.05) is 13.8 Å². The number of hydrogen-bond donors (Lipinski definition) is 1. The molecular weight excluding hydrogens is 206 g/mol. The zero-order valence-electron chi connectivity index (χ0n) is 10.9. The van der Waals surface area contributed by atoms with E-state index in [-0.39, 0.29) is 24.3 Å². The van der Waals surface area contributed by atoms with E-state index in [9.17, 15) is 9.59 Å². The summed E-state index contributed by atoms with van der Waals surface area (Å²) in [7, 11) is 5.03. The number of carbonyl (C=O) groups excluding carboxylic acids is 2. The Labute approximate surface area is 97.8 Å². The number of nitrogens with zero attached hydrogens (tertiary/aromatic N) is 2. The predicted octanol–water partition coefficient (Wildman–Crippen LogP) is -0.221. The molecule has 0 aromatic carbocycles. The molecule has 0 bridgehead atoms. The Morgan fingerprint density at radius 2 is 1.81 bits per heavy atom. The van der Waals surface area contributed by atoms with Crippen LogP contribution in [0.3, 0.4) is 0 Å². The molecule has 1 unspecified atom stereocenters. The lowest BCUT2D eigenvalue weighted by molar-refractivity contribution is -0.140. The van der Waals surface area contributed by atoms with Gasteiger partial charge in [-0.2, -0.15) is 0 Å². The second kappa shape index (κ2) is 7.22.